The Labute approximate surface area is 181 Å². The van der Waals surface area contributed by atoms with Gasteiger partial charge in [-0.15, -0.1) is 0 Å². The molecule has 5 rings (SSSR count). The van der Waals surface area contributed by atoms with E-state index in [0.717, 1.165) is 33.5 Å². The molecule has 0 saturated heterocycles. The highest BCUT2D eigenvalue weighted by Gasteiger charge is 2.12. The van der Waals surface area contributed by atoms with Crippen molar-refractivity contribution < 1.29 is 0 Å². The predicted molar refractivity (Wildman–Crippen MR) is 126 cm³/mol. The topological polar surface area (TPSA) is 64.7 Å². The van der Waals surface area contributed by atoms with Crippen LogP contribution in [0.15, 0.2) is 109 Å². The number of rotatable bonds is 4. The predicted octanol–water partition coefficient (Wildman–Crippen LogP) is 6.12. The Kier molecular flexibility index (Phi) is 4.95. The molecule has 31 heavy (non-hydrogen) atoms. The van der Waals surface area contributed by atoms with E-state index in [1.165, 1.54) is 0 Å². The maximum Gasteiger partial charge on any atom is 0.164 e. The van der Waals surface area contributed by atoms with Crippen molar-refractivity contribution in [3.05, 3.63) is 109 Å². The molecule has 0 aliphatic carbocycles. The maximum atomic E-state index is 5.84. The summed E-state index contributed by atoms with van der Waals surface area (Å²) in [5.74, 6) is 1.95. The second kappa shape index (κ2) is 8.20. The fourth-order valence-electron chi connectivity index (χ4n) is 3.45. The molecule has 1 heterocycles. The first-order chi connectivity index (χ1) is 15.3. The van der Waals surface area contributed by atoms with Crippen LogP contribution in [0.25, 0.3) is 45.3 Å². The van der Waals surface area contributed by atoms with E-state index in [0.29, 0.717) is 17.5 Å². The SMILES string of the molecule is Nc1ccc(-c2cccc(-c3nc(-c4ccccc4)nc(-c4ccccc4)n3)c2)cc1. The summed E-state index contributed by atoms with van der Waals surface area (Å²) < 4.78 is 0. The van der Waals surface area contributed by atoms with E-state index < -0.39 is 0 Å². The lowest BCUT2D eigenvalue weighted by atomic mass is 10.0. The van der Waals surface area contributed by atoms with Crippen molar-refractivity contribution in [3.8, 4) is 45.3 Å². The van der Waals surface area contributed by atoms with Crippen LogP contribution in [0.2, 0.25) is 0 Å². The van der Waals surface area contributed by atoms with Crippen LogP contribution in [-0.4, -0.2) is 15.0 Å². The Bertz CT molecular complexity index is 1260. The minimum atomic E-state index is 0.644. The van der Waals surface area contributed by atoms with Gasteiger partial charge in [-0.2, -0.15) is 0 Å². The first-order valence-corrected chi connectivity index (χ1v) is 10.1. The van der Waals surface area contributed by atoms with Crippen LogP contribution in [0.4, 0.5) is 5.69 Å². The molecule has 0 atom stereocenters. The van der Waals surface area contributed by atoms with E-state index in [2.05, 4.69) is 12.1 Å². The number of aromatic nitrogens is 3. The number of nitrogens with two attached hydrogens (primary N) is 1. The third-order valence-electron chi connectivity index (χ3n) is 5.06. The summed E-state index contributed by atoms with van der Waals surface area (Å²) in [4.78, 5) is 14.4. The van der Waals surface area contributed by atoms with Crippen molar-refractivity contribution in [1.29, 1.82) is 0 Å². The Balaban J connectivity index is 1.65. The molecule has 1 aromatic heterocycles. The number of hydrogen-bond donors (Lipinski definition) is 1. The van der Waals surface area contributed by atoms with Gasteiger partial charge in [-0.25, -0.2) is 15.0 Å². The second-order valence-electron chi connectivity index (χ2n) is 7.24. The standard InChI is InChI=1S/C27H20N4/c28-24-16-14-19(15-17-24)22-12-7-13-23(18-22)27-30-25(20-8-3-1-4-9-20)29-26(31-27)21-10-5-2-6-11-21/h1-18H,28H2. The molecule has 0 aliphatic rings. The van der Waals surface area contributed by atoms with Gasteiger partial charge in [0.05, 0.1) is 0 Å². The summed E-state index contributed by atoms with van der Waals surface area (Å²) in [6.45, 7) is 0. The molecule has 148 valence electrons. The van der Waals surface area contributed by atoms with Gasteiger partial charge in [0.25, 0.3) is 0 Å². The van der Waals surface area contributed by atoms with Gasteiger partial charge >= 0.3 is 0 Å². The molecule has 0 spiro atoms. The van der Waals surface area contributed by atoms with Gasteiger partial charge in [-0.3, -0.25) is 0 Å². The minimum Gasteiger partial charge on any atom is -0.399 e. The van der Waals surface area contributed by atoms with Crippen LogP contribution in [0.1, 0.15) is 0 Å². The molecule has 4 nitrogen and oxygen atoms in total. The van der Waals surface area contributed by atoms with E-state index in [4.69, 9.17) is 20.7 Å². The van der Waals surface area contributed by atoms with Gasteiger partial charge < -0.3 is 5.73 Å². The summed E-state index contributed by atoms with van der Waals surface area (Å²) in [6.07, 6.45) is 0. The molecule has 0 amide bonds. The number of nitrogens with zero attached hydrogens (tertiary/aromatic N) is 3. The lowest BCUT2D eigenvalue weighted by Gasteiger charge is -2.09. The molecule has 5 aromatic rings. The van der Waals surface area contributed by atoms with E-state index in [1.807, 2.05) is 97.1 Å². The van der Waals surface area contributed by atoms with Crippen LogP contribution >= 0.6 is 0 Å². The van der Waals surface area contributed by atoms with Crippen molar-refractivity contribution in [2.75, 3.05) is 5.73 Å². The van der Waals surface area contributed by atoms with Gasteiger partial charge in [-0.1, -0.05) is 91.0 Å². The lowest BCUT2D eigenvalue weighted by Crippen LogP contribution is -2.00. The van der Waals surface area contributed by atoms with Crippen molar-refractivity contribution >= 4 is 5.69 Å². The Morgan fingerprint density at radius 1 is 0.387 bits per heavy atom. The highest BCUT2D eigenvalue weighted by atomic mass is 15.0. The maximum absolute atomic E-state index is 5.84. The molecule has 0 fully saturated rings. The average Bonchev–Trinajstić information content (AvgIpc) is 2.85. The van der Waals surface area contributed by atoms with E-state index in [-0.39, 0.29) is 0 Å². The van der Waals surface area contributed by atoms with Crippen molar-refractivity contribution in [2.24, 2.45) is 0 Å². The molecule has 4 heteroatoms. The van der Waals surface area contributed by atoms with Crippen LogP contribution in [0, 0.1) is 0 Å². The third kappa shape index (κ3) is 4.05. The zero-order valence-corrected chi connectivity index (χ0v) is 16.8. The zero-order valence-electron chi connectivity index (χ0n) is 16.8. The van der Waals surface area contributed by atoms with Crippen LogP contribution in [-0.2, 0) is 0 Å². The average molecular weight is 400 g/mol. The fraction of sp³-hybridized carbons (Fsp3) is 0. The van der Waals surface area contributed by atoms with E-state index >= 15 is 0 Å². The first-order valence-electron chi connectivity index (χ1n) is 10.1. The van der Waals surface area contributed by atoms with Crippen molar-refractivity contribution in [3.63, 3.8) is 0 Å². The van der Waals surface area contributed by atoms with Gasteiger partial charge in [0.1, 0.15) is 0 Å². The molecule has 4 aromatic carbocycles. The molecular weight excluding hydrogens is 380 g/mol. The number of benzene rings is 4. The van der Waals surface area contributed by atoms with Crippen LogP contribution in [0.3, 0.4) is 0 Å². The molecule has 0 saturated carbocycles. The van der Waals surface area contributed by atoms with Crippen LogP contribution in [0.5, 0.6) is 0 Å². The lowest BCUT2D eigenvalue weighted by molar-refractivity contribution is 1.07. The van der Waals surface area contributed by atoms with Gasteiger partial charge in [0.2, 0.25) is 0 Å². The molecule has 0 unspecified atom stereocenters. The molecule has 0 bridgehead atoms. The smallest absolute Gasteiger partial charge is 0.164 e. The van der Waals surface area contributed by atoms with Crippen LogP contribution < -0.4 is 5.73 Å². The summed E-state index contributed by atoms with van der Waals surface area (Å²) in [7, 11) is 0. The number of hydrogen-bond acceptors (Lipinski definition) is 4. The van der Waals surface area contributed by atoms with E-state index in [1.54, 1.807) is 0 Å². The van der Waals surface area contributed by atoms with Crippen molar-refractivity contribution in [1.82, 2.24) is 15.0 Å². The Morgan fingerprint density at radius 2 is 0.839 bits per heavy atom. The Morgan fingerprint density at radius 3 is 1.39 bits per heavy atom. The summed E-state index contributed by atoms with van der Waals surface area (Å²) in [6, 6.07) is 36.1. The van der Waals surface area contributed by atoms with Gasteiger partial charge in [0, 0.05) is 22.4 Å². The van der Waals surface area contributed by atoms with E-state index in [9.17, 15) is 0 Å². The van der Waals surface area contributed by atoms with Gasteiger partial charge in [0.15, 0.2) is 17.5 Å². The normalized spacial score (nSPS) is 10.7. The highest BCUT2D eigenvalue weighted by Crippen LogP contribution is 2.28. The minimum absolute atomic E-state index is 0.644. The van der Waals surface area contributed by atoms with Gasteiger partial charge in [-0.05, 0) is 29.3 Å². The molecule has 0 aliphatic heterocycles. The molecular formula is C27H20N4. The quantitative estimate of drug-likeness (QED) is 0.369. The summed E-state index contributed by atoms with van der Waals surface area (Å²) >= 11 is 0. The molecule has 0 radical (unpaired) electrons. The number of nitrogen functional groups attached to an aromatic ring is 1. The molecule has 2 N–H and O–H groups in total. The zero-order chi connectivity index (χ0) is 21.0. The Hall–Kier alpha value is -4.31. The third-order valence-corrected chi connectivity index (χ3v) is 5.06. The summed E-state index contributed by atoms with van der Waals surface area (Å²) in [5, 5.41) is 0. The largest absolute Gasteiger partial charge is 0.399 e. The fourth-order valence-corrected chi connectivity index (χ4v) is 3.45. The summed E-state index contributed by atoms with van der Waals surface area (Å²) in [5.41, 5.74) is 11.6. The first kappa shape index (κ1) is 18.7. The number of anilines is 1. The monoisotopic (exact) mass is 400 g/mol. The highest BCUT2D eigenvalue weighted by molar-refractivity contribution is 5.73. The van der Waals surface area contributed by atoms with Crippen molar-refractivity contribution in [2.45, 2.75) is 0 Å². The second-order valence-corrected chi connectivity index (χ2v) is 7.24.